The molecule has 0 radical (unpaired) electrons. The molecule has 0 bridgehead atoms. The number of methoxy groups -OCH3 is 1. The fraction of sp³-hybridized carbons (Fsp3) is 0.403. The molecule has 5 aromatic rings. The molecule has 0 aromatic heterocycles. The van der Waals surface area contributed by atoms with Crippen LogP contribution >= 0.6 is 0 Å². The number of rotatable bonds is 20. The number of ether oxygens (including phenoxy) is 4. The largest absolute Gasteiger partial charge is 0.490 e. The number of likely N-dealkylation sites (tertiary alicyclic amines) is 1. The quantitative estimate of drug-likeness (QED) is 0.0327. The molecule has 0 saturated carbocycles. The lowest BCUT2D eigenvalue weighted by Crippen LogP contribution is -2.60. The molecular weight excluding hydrogens is 1010 g/mol. The van der Waals surface area contributed by atoms with Crippen LogP contribution in [0, 0.1) is 11.3 Å². The maximum Gasteiger partial charge on any atom is 0.410 e. The molecule has 6 atom stereocenters. The number of likely N-dealkylation sites (N-methyl/N-ethyl adjacent to an activating group) is 1. The van der Waals surface area contributed by atoms with Crippen molar-refractivity contribution in [1.82, 2.24) is 25.8 Å². The Morgan fingerprint density at radius 3 is 1.97 bits per heavy atom. The summed E-state index contributed by atoms with van der Waals surface area (Å²) in [6.07, 6.45) is 3.03. The number of carbonyl (C=O) groups is 7. The number of hydrogen-bond acceptors (Lipinski definition) is 11. The molecule has 17 heteroatoms. The molecule has 17 nitrogen and oxygen atoms in total. The highest BCUT2D eigenvalue weighted by atomic mass is 16.6. The molecular formula is C62H73N5O12. The topological polar surface area (TPSA) is 219 Å². The van der Waals surface area contributed by atoms with E-state index in [1.165, 1.54) is 26.0 Å². The normalized spacial score (nSPS) is 16.6. The molecule has 1 fully saturated rings. The minimum atomic E-state index is -1.31. The Balaban J connectivity index is 0.977. The van der Waals surface area contributed by atoms with Gasteiger partial charge in [-0.15, -0.1) is 0 Å². The molecule has 2 aliphatic rings. The molecule has 1 saturated heterocycles. The molecule has 0 spiro atoms. The smallest absolute Gasteiger partial charge is 0.410 e. The van der Waals surface area contributed by atoms with E-state index < -0.39 is 83.1 Å². The standard InChI is InChI=1S/C62H73N5O12/c1-38(66(8)60(75)79-62(5,6)7)54(68)65-53(61(2,3)4)56(70)67-36-41(35-52(67)55(69)63-50(57(71)72)34-40-25-28-42-19-10-11-20-43(42)32-40)18-16-17-31-77-44-29-26-39(27-30-44)33-51(58(73)76-9)64-59(74)78-37-49-47-23-14-12-21-45(47)46-22-13-15-24-48(46)49/h10-17,19-30,32,38,41,49-53H,18,31,33-37H2,1-9H3,(H,63,69)(H,64,74)(H,65,68)(H,71,72)/b17-16+/t38-,41-,50-,51-,52-,53+/m0/s1. The van der Waals surface area contributed by atoms with Crippen LogP contribution in [0.15, 0.2) is 127 Å². The number of aliphatic carboxylic acids is 1. The first-order chi connectivity index (χ1) is 37.5. The number of carbonyl (C=O) groups excluding carboxylic acids is 6. The van der Waals surface area contributed by atoms with E-state index in [1.54, 1.807) is 65.8 Å². The summed E-state index contributed by atoms with van der Waals surface area (Å²) >= 11 is 0. The first kappa shape index (κ1) is 58.5. The van der Waals surface area contributed by atoms with Crippen molar-refractivity contribution < 1.29 is 57.6 Å². The second-order valence-electron chi connectivity index (χ2n) is 22.4. The Bertz CT molecular complexity index is 3010. The Kier molecular flexibility index (Phi) is 18.9. The number of nitrogens with zero attached hydrogens (tertiary/aromatic N) is 2. The van der Waals surface area contributed by atoms with Crippen molar-refractivity contribution in [3.8, 4) is 16.9 Å². The Labute approximate surface area is 462 Å². The zero-order chi connectivity index (χ0) is 57.2. The minimum absolute atomic E-state index is 0.0000686. The van der Waals surface area contributed by atoms with Crippen LogP contribution in [0.1, 0.15) is 89.5 Å². The van der Waals surface area contributed by atoms with Crippen LogP contribution in [0.4, 0.5) is 9.59 Å². The number of allylic oxidation sites excluding steroid dienone is 1. The van der Waals surface area contributed by atoms with E-state index in [4.69, 9.17) is 18.9 Å². The van der Waals surface area contributed by atoms with Crippen molar-refractivity contribution in [2.45, 2.75) is 116 Å². The van der Waals surface area contributed by atoms with E-state index in [0.717, 1.165) is 43.5 Å². The van der Waals surface area contributed by atoms with Gasteiger partial charge in [0.25, 0.3) is 0 Å². The molecule has 1 aliphatic carbocycles. The highest BCUT2D eigenvalue weighted by molar-refractivity contribution is 5.96. The SMILES string of the molecule is COC(=O)[C@H](Cc1ccc(OC/C=C/C[C@H]2C[C@@H](C(=O)N[C@@H](Cc3ccc4ccccc4c3)C(=O)O)N(C(=O)[C@@H](NC(=O)[C@H](C)N(C)C(=O)OC(C)(C)C)C(C)(C)C)C2)cc1)NC(=O)OCC1c2ccccc2-c2ccccc21. The van der Waals surface area contributed by atoms with Crippen LogP contribution in [0.25, 0.3) is 21.9 Å². The third-order valence-corrected chi connectivity index (χ3v) is 14.4. The first-order valence-corrected chi connectivity index (χ1v) is 26.6. The van der Waals surface area contributed by atoms with Crippen molar-refractivity contribution in [2.24, 2.45) is 11.3 Å². The van der Waals surface area contributed by atoms with E-state index in [9.17, 15) is 38.7 Å². The number of amides is 5. The number of fused-ring (bicyclic) bond motifs is 4. The van der Waals surface area contributed by atoms with Crippen LogP contribution < -0.4 is 20.7 Å². The molecule has 5 amide bonds. The maximum atomic E-state index is 14.8. The van der Waals surface area contributed by atoms with Crippen molar-refractivity contribution in [2.75, 3.05) is 33.9 Å². The van der Waals surface area contributed by atoms with Crippen molar-refractivity contribution in [3.05, 3.63) is 150 Å². The van der Waals surface area contributed by atoms with Gasteiger partial charge in [-0.1, -0.05) is 136 Å². The lowest BCUT2D eigenvalue weighted by Gasteiger charge is -2.37. The van der Waals surface area contributed by atoms with E-state index in [-0.39, 0.29) is 50.9 Å². The van der Waals surface area contributed by atoms with Gasteiger partial charge in [-0.25, -0.2) is 19.2 Å². The second-order valence-corrected chi connectivity index (χ2v) is 22.4. The third-order valence-electron chi connectivity index (χ3n) is 14.4. The Morgan fingerprint density at radius 2 is 1.35 bits per heavy atom. The van der Waals surface area contributed by atoms with Crippen LogP contribution in [0.2, 0.25) is 0 Å². The fourth-order valence-corrected chi connectivity index (χ4v) is 9.98. The molecule has 5 aromatic carbocycles. The van der Waals surface area contributed by atoms with Gasteiger partial charge in [-0.2, -0.15) is 0 Å². The summed E-state index contributed by atoms with van der Waals surface area (Å²) in [5.41, 5.74) is 4.11. The van der Waals surface area contributed by atoms with E-state index in [0.29, 0.717) is 17.7 Å². The predicted octanol–water partition coefficient (Wildman–Crippen LogP) is 8.60. The number of alkyl carbamates (subject to hydrolysis) is 1. The zero-order valence-corrected chi connectivity index (χ0v) is 46.4. The highest BCUT2D eigenvalue weighted by Gasteiger charge is 2.46. The number of carboxylic acid groups (broad SMARTS) is 1. The van der Waals surface area contributed by atoms with Gasteiger partial charge in [0, 0.05) is 32.4 Å². The minimum Gasteiger partial charge on any atom is -0.490 e. The first-order valence-electron chi connectivity index (χ1n) is 26.6. The lowest BCUT2D eigenvalue weighted by atomic mass is 9.85. The molecule has 79 heavy (non-hydrogen) atoms. The summed E-state index contributed by atoms with van der Waals surface area (Å²) in [5.74, 6) is -3.47. The van der Waals surface area contributed by atoms with Gasteiger partial charge in [0.15, 0.2) is 0 Å². The summed E-state index contributed by atoms with van der Waals surface area (Å²) in [6.45, 7) is 12.4. The maximum absolute atomic E-state index is 14.8. The Morgan fingerprint density at radius 1 is 0.747 bits per heavy atom. The fourth-order valence-electron chi connectivity index (χ4n) is 9.98. The summed E-state index contributed by atoms with van der Waals surface area (Å²) in [4.78, 5) is 97.1. The number of esters is 1. The van der Waals surface area contributed by atoms with Crippen LogP contribution in [-0.4, -0.2) is 126 Å². The van der Waals surface area contributed by atoms with Gasteiger partial charge in [-0.3, -0.25) is 19.3 Å². The Hall–Kier alpha value is -8.21. The van der Waals surface area contributed by atoms with Crippen LogP contribution in [-0.2, 0) is 51.0 Å². The molecule has 1 heterocycles. The average molecular weight is 1080 g/mol. The van der Waals surface area contributed by atoms with E-state index in [2.05, 4.69) is 28.1 Å². The van der Waals surface area contributed by atoms with Gasteiger partial charge < -0.3 is 44.9 Å². The van der Waals surface area contributed by atoms with Gasteiger partial charge >= 0.3 is 24.1 Å². The number of hydrogen-bond donors (Lipinski definition) is 4. The van der Waals surface area contributed by atoms with Gasteiger partial charge in [0.1, 0.15) is 54.8 Å². The average Bonchev–Trinajstić information content (AvgIpc) is 4.09. The highest BCUT2D eigenvalue weighted by Crippen LogP contribution is 2.44. The van der Waals surface area contributed by atoms with E-state index in [1.807, 2.05) is 91.0 Å². The van der Waals surface area contributed by atoms with Crippen LogP contribution in [0.5, 0.6) is 5.75 Å². The molecule has 0 unspecified atom stereocenters. The molecule has 418 valence electrons. The summed E-state index contributed by atoms with van der Waals surface area (Å²) in [7, 11) is 2.69. The second kappa shape index (κ2) is 25.5. The van der Waals surface area contributed by atoms with Gasteiger partial charge in [0.05, 0.1) is 7.11 Å². The van der Waals surface area contributed by atoms with Gasteiger partial charge in [-0.05, 0) is 108 Å². The van der Waals surface area contributed by atoms with Crippen molar-refractivity contribution >= 4 is 52.6 Å². The van der Waals surface area contributed by atoms with Crippen molar-refractivity contribution in [1.29, 1.82) is 0 Å². The molecule has 7 rings (SSSR count). The summed E-state index contributed by atoms with van der Waals surface area (Å²) in [5, 5.41) is 20.5. The summed E-state index contributed by atoms with van der Waals surface area (Å²) < 4.78 is 22.2. The molecule has 1 aliphatic heterocycles. The monoisotopic (exact) mass is 1080 g/mol. The van der Waals surface area contributed by atoms with Crippen molar-refractivity contribution in [3.63, 3.8) is 0 Å². The number of benzene rings is 5. The molecule has 4 N–H and O–H groups in total. The van der Waals surface area contributed by atoms with Gasteiger partial charge in [0.2, 0.25) is 17.7 Å². The number of nitrogens with one attached hydrogen (secondary N) is 3. The third kappa shape index (κ3) is 15.1. The van der Waals surface area contributed by atoms with E-state index >= 15 is 0 Å². The number of carboxylic acids is 1. The predicted molar refractivity (Wildman–Crippen MR) is 299 cm³/mol. The lowest BCUT2D eigenvalue weighted by molar-refractivity contribution is -0.146. The zero-order valence-electron chi connectivity index (χ0n) is 46.4. The van der Waals surface area contributed by atoms with Crippen LogP contribution in [0.3, 0.4) is 0 Å². The summed E-state index contributed by atoms with van der Waals surface area (Å²) in [6, 6.07) is 30.8.